The van der Waals surface area contributed by atoms with E-state index in [-0.39, 0.29) is 34.5 Å². The molecule has 6 heteroatoms. The van der Waals surface area contributed by atoms with Crippen LogP contribution in [0.5, 0.6) is 5.75 Å². The Bertz CT molecular complexity index is 923. The Balaban J connectivity index is 1.68. The molecular weight excluding hydrogens is 332 g/mol. The second-order valence-electron chi connectivity index (χ2n) is 8.11. The molecule has 136 valence electrons. The molecule has 2 heterocycles. The number of phenolic OH excluding ortho intramolecular Hbond substituents is 1. The highest BCUT2D eigenvalue weighted by molar-refractivity contribution is 6.03. The lowest BCUT2D eigenvalue weighted by Crippen LogP contribution is -2.57. The van der Waals surface area contributed by atoms with Crippen LogP contribution in [0.15, 0.2) is 30.6 Å². The number of carbonyl (C=O) groups is 2. The minimum atomic E-state index is -0.621. The molecule has 1 saturated heterocycles. The SMILES string of the molecule is COC(=O)[C@@]12CN(C(=O)c3ccc4cnccc4c3O)C[C@@H]1C(C)(C)C2. The largest absolute Gasteiger partial charge is 0.506 e. The van der Waals surface area contributed by atoms with Crippen molar-refractivity contribution in [2.24, 2.45) is 16.7 Å². The first-order chi connectivity index (χ1) is 12.3. The number of rotatable bonds is 2. The maximum Gasteiger partial charge on any atom is 0.314 e. The van der Waals surface area contributed by atoms with Crippen LogP contribution in [0.2, 0.25) is 0 Å². The van der Waals surface area contributed by atoms with Crippen LogP contribution >= 0.6 is 0 Å². The number of hydrogen-bond acceptors (Lipinski definition) is 5. The fraction of sp³-hybridized carbons (Fsp3) is 0.450. The van der Waals surface area contributed by atoms with E-state index in [0.717, 1.165) is 5.39 Å². The second-order valence-corrected chi connectivity index (χ2v) is 8.11. The van der Waals surface area contributed by atoms with Gasteiger partial charge in [0.1, 0.15) is 5.75 Å². The molecule has 1 saturated carbocycles. The predicted octanol–water partition coefficient (Wildman–Crippen LogP) is 2.60. The molecule has 1 aromatic heterocycles. The van der Waals surface area contributed by atoms with Crippen LogP contribution in [0.4, 0.5) is 0 Å². The van der Waals surface area contributed by atoms with Crippen molar-refractivity contribution >= 4 is 22.6 Å². The fourth-order valence-electron chi connectivity index (χ4n) is 5.02. The molecule has 2 fully saturated rings. The first kappa shape index (κ1) is 16.8. The molecule has 4 rings (SSSR count). The van der Waals surface area contributed by atoms with Crippen LogP contribution in [-0.4, -0.2) is 47.1 Å². The van der Waals surface area contributed by atoms with Crippen molar-refractivity contribution in [2.45, 2.75) is 20.3 Å². The van der Waals surface area contributed by atoms with E-state index in [2.05, 4.69) is 18.8 Å². The third kappa shape index (κ3) is 2.14. The number of fused-ring (bicyclic) bond motifs is 2. The van der Waals surface area contributed by atoms with E-state index >= 15 is 0 Å². The highest BCUT2D eigenvalue weighted by atomic mass is 16.5. The zero-order valence-electron chi connectivity index (χ0n) is 15.2. The lowest BCUT2D eigenvalue weighted by Gasteiger charge is -2.54. The smallest absolute Gasteiger partial charge is 0.314 e. The van der Waals surface area contributed by atoms with Gasteiger partial charge in [0.05, 0.1) is 18.1 Å². The van der Waals surface area contributed by atoms with E-state index in [0.29, 0.717) is 24.9 Å². The van der Waals surface area contributed by atoms with Crippen molar-refractivity contribution in [3.63, 3.8) is 0 Å². The number of carbonyl (C=O) groups excluding carboxylic acids is 2. The van der Waals surface area contributed by atoms with Crippen LogP contribution in [-0.2, 0) is 9.53 Å². The van der Waals surface area contributed by atoms with Gasteiger partial charge < -0.3 is 14.7 Å². The van der Waals surface area contributed by atoms with Gasteiger partial charge in [0.2, 0.25) is 0 Å². The van der Waals surface area contributed by atoms with Crippen LogP contribution in [0.3, 0.4) is 0 Å². The number of ether oxygens (including phenoxy) is 1. The van der Waals surface area contributed by atoms with Crippen molar-refractivity contribution in [1.82, 2.24) is 9.88 Å². The van der Waals surface area contributed by atoms with Crippen LogP contribution in [0.1, 0.15) is 30.6 Å². The van der Waals surface area contributed by atoms with E-state index in [9.17, 15) is 14.7 Å². The molecule has 1 amide bonds. The highest BCUT2D eigenvalue weighted by Crippen LogP contribution is 2.63. The van der Waals surface area contributed by atoms with Crippen molar-refractivity contribution in [3.8, 4) is 5.75 Å². The molecule has 0 spiro atoms. The lowest BCUT2D eigenvalue weighted by molar-refractivity contribution is -0.174. The van der Waals surface area contributed by atoms with Gasteiger partial charge in [-0.25, -0.2) is 0 Å². The summed E-state index contributed by atoms with van der Waals surface area (Å²) in [7, 11) is 1.40. The molecule has 6 nitrogen and oxygen atoms in total. The van der Waals surface area contributed by atoms with Gasteiger partial charge in [-0.1, -0.05) is 19.9 Å². The van der Waals surface area contributed by atoms with Crippen LogP contribution in [0.25, 0.3) is 10.8 Å². The van der Waals surface area contributed by atoms with Gasteiger partial charge in [-0.15, -0.1) is 0 Å². The van der Waals surface area contributed by atoms with E-state index in [1.165, 1.54) is 7.11 Å². The monoisotopic (exact) mass is 354 g/mol. The molecule has 1 N–H and O–H groups in total. The molecule has 1 aliphatic carbocycles. The van der Waals surface area contributed by atoms with Crippen LogP contribution < -0.4 is 0 Å². The molecule has 2 aromatic rings. The van der Waals surface area contributed by atoms with Crippen molar-refractivity contribution in [1.29, 1.82) is 0 Å². The van der Waals surface area contributed by atoms with Gasteiger partial charge in [0.25, 0.3) is 5.91 Å². The molecular formula is C20H22N2O4. The average molecular weight is 354 g/mol. The summed E-state index contributed by atoms with van der Waals surface area (Å²) < 4.78 is 5.03. The molecule has 2 atom stereocenters. The normalized spacial score (nSPS) is 26.3. The Hall–Kier alpha value is -2.63. The first-order valence-electron chi connectivity index (χ1n) is 8.73. The summed E-state index contributed by atoms with van der Waals surface area (Å²) in [6.07, 6.45) is 3.94. The summed E-state index contributed by atoms with van der Waals surface area (Å²) in [6, 6.07) is 5.09. The number of hydrogen-bond donors (Lipinski definition) is 1. The summed E-state index contributed by atoms with van der Waals surface area (Å²) in [5.41, 5.74) is -0.382. The standard InChI is InChI=1S/C20H22N2O4/c1-19(2)10-20(18(25)26-3)11-22(9-15(19)20)17(24)14-5-4-12-8-21-7-6-13(12)16(14)23/h4-8,15,23H,9-11H2,1-3H3/t15-,20+/m1/s1. The minimum absolute atomic E-state index is 0.0136. The summed E-state index contributed by atoms with van der Waals surface area (Å²) in [5.74, 6) is -0.473. The number of benzene rings is 1. The maximum atomic E-state index is 13.1. The molecule has 1 aliphatic heterocycles. The summed E-state index contributed by atoms with van der Waals surface area (Å²) in [5, 5.41) is 11.9. The molecule has 2 aliphatic rings. The van der Waals surface area contributed by atoms with Gasteiger partial charge in [-0.05, 0) is 29.9 Å². The maximum absolute atomic E-state index is 13.1. The highest BCUT2D eigenvalue weighted by Gasteiger charge is 2.68. The third-order valence-electron chi connectivity index (χ3n) is 6.16. The van der Waals surface area contributed by atoms with E-state index in [1.54, 1.807) is 35.5 Å². The Morgan fingerprint density at radius 2 is 2.08 bits per heavy atom. The number of amides is 1. The summed E-state index contributed by atoms with van der Waals surface area (Å²) in [4.78, 5) is 31.2. The van der Waals surface area contributed by atoms with Gasteiger partial charge >= 0.3 is 5.97 Å². The molecule has 0 unspecified atom stereocenters. The molecule has 1 aromatic carbocycles. The topological polar surface area (TPSA) is 79.7 Å². The predicted molar refractivity (Wildman–Crippen MR) is 95.6 cm³/mol. The number of esters is 1. The minimum Gasteiger partial charge on any atom is -0.506 e. The number of aromatic hydroxyl groups is 1. The fourth-order valence-corrected chi connectivity index (χ4v) is 5.02. The number of pyridine rings is 1. The van der Waals surface area contributed by atoms with Crippen LogP contribution in [0, 0.1) is 16.7 Å². The van der Waals surface area contributed by atoms with Gasteiger partial charge in [-0.3, -0.25) is 14.6 Å². The number of likely N-dealkylation sites (tertiary alicyclic amines) is 1. The lowest BCUT2D eigenvalue weighted by atomic mass is 9.48. The Morgan fingerprint density at radius 3 is 2.77 bits per heavy atom. The van der Waals surface area contributed by atoms with E-state index < -0.39 is 5.41 Å². The van der Waals surface area contributed by atoms with Gasteiger partial charge in [0, 0.05) is 36.3 Å². The zero-order valence-corrected chi connectivity index (χ0v) is 15.2. The summed E-state index contributed by atoms with van der Waals surface area (Å²) in [6.45, 7) is 5.07. The van der Waals surface area contributed by atoms with Gasteiger partial charge in [-0.2, -0.15) is 0 Å². The summed E-state index contributed by atoms with van der Waals surface area (Å²) >= 11 is 0. The first-order valence-corrected chi connectivity index (χ1v) is 8.73. The Morgan fingerprint density at radius 1 is 1.31 bits per heavy atom. The van der Waals surface area contributed by atoms with E-state index in [1.807, 2.05) is 0 Å². The number of aromatic nitrogens is 1. The second kappa shape index (κ2) is 5.43. The molecule has 26 heavy (non-hydrogen) atoms. The Kier molecular flexibility index (Phi) is 3.51. The Labute approximate surface area is 151 Å². The quantitative estimate of drug-likeness (QED) is 0.839. The number of methoxy groups -OCH3 is 1. The van der Waals surface area contributed by atoms with Crippen molar-refractivity contribution in [2.75, 3.05) is 20.2 Å². The molecule has 0 bridgehead atoms. The van der Waals surface area contributed by atoms with E-state index in [4.69, 9.17) is 4.74 Å². The average Bonchev–Trinajstić information content (AvgIpc) is 2.97. The molecule has 0 radical (unpaired) electrons. The number of nitrogens with zero attached hydrogens (tertiary/aromatic N) is 2. The third-order valence-corrected chi connectivity index (χ3v) is 6.16. The van der Waals surface area contributed by atoms with Crippen molar-refractivity contribution < 1.29 is 19.4 Å². The van der Waals surface area contributed by atoms with Crippen molar-refractivity contribution in [3.05, 3.63) is 36.2 Å². The zero-order chi connectivity index (χ0) is 18.7. The number of phenols is 1. The van der Waals surface area contributed by atoms with Gasteiger partial charge in [0.15, 0.2) is 0 Å².